The van der Waals surface area contributed by atoms with Gasteiger partial charge in [-0.15, -0.1) is 23.7 Å². The van der Waals surface area contributed by atoms with Gasteiger partial charge in [0.1, 0.15) is 0 Å². The first-order valence-corrected chi connectivity index (χ1v) is 6.85. The molecule has 1 unspecified atom stereocenters. The number of halogens is 3. The maximum absolute atomic E-state index is 11.7. The Bertz CT molecular complexity index is 359. The molecule has 3 nitrogen and oxygen atoms in total. The first kappa shape index (κ1) is 16.4. The highest BCUT2D eigenvalue weighted by molar-refractivity contribution is 9.12. The number of amides is 1. The Morgan fingerprint density at radius 2 is 2.19 bits per heavy atom. The summed E-state index contributed by atoms with van der Waals surface area (Å²) in [5, 5.41) is 5.92. The van der Waals surface area contributed by atoms with Gasteiger partial charge in [0, 0.05) is 12.6 Å². The molecule has 1 atom stereocenters. The van der Waals surface area contributed by atoms with Crippen molar-refractivity contribution < 1.29 is 4.79 Å². The van der Waals surface area contributed by atoms with Crippen LogP contribution in [0.25, 0.3) is 0 Å². The van der Waals surface area contributed by atoms with Crippen molar-refractivity contribution in [2.75, 3.05) is 13.6 Å². The third-order valence-electron chi connectivity index (χ3n) is 1.96. The van der Waals surface area contributed by atoms with E-state index >= 15 is 0 Å². The lowest BCUT2D eigenvalue weighted by Gasteiger charge is -2.10. The maximum Gasteiger partial charge on any atom is 0.253 e. The molecule has 1 heterocycles. The second kappa shape index (κ2) is 7.66. The number of hydrogen-bond donors (Lipinski definition) is 2. The third-order valence-corrected chi connectivity index (χ3v) is 4.30. The van der Waals surface area contributed by atoms with Crippen molar-refractivity contribution in [3.05, 3.63) is 19.2 Å². The van der Waals surface area contributed by atoms with E-state index in [9.17, 15) is 4.79 Å². The Hall–Kier alpha value is 0.380. The summed E-state index contributed by atoms with van der Waals surface area (Å²) >= 11 is 8.19. The van der Waals surface area contributed by atoms with Crippen LogP contribution in [-0.2, 0) is 0 Å². The number of carbonyl (C=O) groups excluding carboxylic acids is 1. The Balaban J connectivity index is 0.00000225. The van der Waals surface area contributed by atoms with Crippen LogP contribution in [0.4, 0.5) is 0 Å². The van der Waals surface area contributed by atoms with E-state index < -0.39 is 0 Å². The normalized spacial score (nSPS) is 11.8. The SMILES string of the molecule is CNC(C)CNC(=O)c1cc(Br)sc1Br.Cl. The monoisotopic (exact) mass is 390 g/mol. The Kier molecular flexibility index (Phi) is 7.84. The molecule has 0 bridgehead atoms. The van der Waals surface area contributed by atoms with Gasteiger partial charge < -0.3 is 10.6 Å². The van der Waals surface area contributed by atoms with Crippen molar-refractivity contribution in [2.24, 2.45) is 0 Å². The van der Waals surface area contributed by atoms with Gasteiger partial charge in [-0.05, 0) is 51.9 Å². The average molecular weight is 393 g/mol. The second-order valence-electron chi connectivity index (χ2n) is 3.14. The standard InChI is InChI=1S/C9H12Br2N2OS.ClH/c1-5(12-2)4-13-9(14)6-3-7(10)15-8(6)11;/h3,5,12H,4H2,1-2H3,(H,13,14);1H. The summed E-state index contributed by atoms with van der Waals surface area (Å²) in [7, 11) is 1.87. The van der Waals surface area contributed by atoms with Gasteiger partial charge in [-0.3, -0.25) is 4.79 Å². The lowest BCUT2D eigenvalue weighted by Crippen LogP contribution is -2.37. The van der Waals surface area contributed by atoms with Crippen LogP contribution >= 0.6 is 55.6 Å². The minimum Gasteiger partial charge on any atom is -0.350 e. The first-order chi connectivity index (χ1) is 7.04. The summed E-state index contributed by atoms with van der Waals surface area (Å²) in [5.41, 5.74) is 0.676. The average Bonchev–Trinajstić information content (AvgIpc) is 2.53. The van der Waals surface area contributed by atoms with Crippen molar-refractivity contribution in [1.29, 1.82) is 0 Å². The molecule has 0 radical (unpaired) electrons. The molecular weight excluding hydrogens is 379 g/mol. The zero-order valence-corrected chi connectivity index (χ0v) is 13.6. The lowest BCUT2D eigenvalue weighted by molar-refractivity contribution is 0.0950. The Labute approximate surface area is 122 Å². The van der Waals surface area contributed by atoms with E-state index in [4.69, 9.17) is 0 Å². The van der Waals surface area contributed by atoms with Gasteiger partial charge in [0.15, 0.2) is 0 Å². The van der Waals surface area contributed by atoms with Crippen molar-refractivity contribution in [1.82, 2.24) is 10.6 Å². The van der Waals surface area contributed by atoms with Crippen molar-refractivity contribution in [2.45, 2.75) is 13.0 Å². The van der Waals surface area contributed by atoms with Crippen LogP contribution in [0, 0.1) is 0 Å². The molecule has 92 valence electrons. The van der Waals surface area contributed by atoms with Crippen LogP contribution in [0.2, 0.25) is 0 Å². The molecule has 0 saturated carbocycles. The largest absolute Gasteiger partial charge is 0.350 e. The van der Waals surface area contributed by atoms with Crippen molar-refractivity contribution in [3.63, 3.8) is 0 Å². The fourth-order valence-corrected chi connectivity index (χ4v) is 3.73. The van der Waals surface area contributed by atoms with E-state index in [2.05, 4.69) is 42.5 Å². The molecule has 1 amide bonds. The van der Waals surface area contributed by atoms with Gasteiger partial charge in [-0.2, -0.15) is 0 Å². The predicted octanol–water partition coefficient (Wildman–Crippen LogP) is 3.03. The third kappa shape index (κ3) is 4.71. The predicted molar refractivity (Wildman–Crippen MR) is 77.8 cm³/mol. The molecule has 0 aliphatic heterocycles. The topological polar surface area (TPSA) is 41.1 Å². The van der Waals surface area contributed by atoms with E-state index in [0.29, 0.717) is 12.1 Å². The summed E-state index contributed by atoms with van der Waals surface area (Å²) in [4.78, 5) is 11.7. The van der Waals surface area contributed by atoms with Crippen LogP contribution in [0.3, 0.4) is 0 Å². The molecule has 0 aromatic carbocycles. The van der Waals surface area contributed by atoms with Crippen molar-refractivity contribution >= 4 is 61.5 Å². The number of rotatable bonds is 4. The zero-order valence-electron chi connectivity index (χ0n) is 8.84. The van der Waals surface area contributed by atoms with E-state index in [1.165, 1.54) is 11.3 Å². The van der Waals surface area contributed by atoms with E-state index in [1.807, 2.05) is 20.0 Å². The van der Waals surface area contributed by atoms with Gasteiger partial charge in [0.05, 0.1) is 13.1 Å². The van der Waals surface area contributed by atoms with Gasteiger partial charge in [-0.25, -0.2) is 0 Å². The van der Waals surface area contributed by atoms with Crippen LogP contribution < -0.4 is 10.6 Å². The molecule has 1 aromatic heterocycles. The number of hydrogen-bond acceptors (Lipinski definition) is 3. The first-order valence-electron chi connectivity index (χ1n) is 4.45. The van der Waals surface area contributed by atoms with E-state index in [-0.39, 0.29) is 24.4 Å². The Morgan fingerprint density at radius 1 is 1.56 bits per heavy atom. The highest BCUT2D eigenvalue weighted by Gasteiger charge is 2.13. The molecular formula is C9H13Br2ClN2OS. The second-order valence-corrected chi connectivity index (χ2v) is 6.89. The van der Waals surface area contributed by atoms with Crippen LogP contribution in [0.15, 0.2) is 13.6 Å². The molecule has 0 aliphatic rings. The van der Waals surface area contributed by atoms with E-state index in [1.54, 1.807) is 0 Å². The van der Waals surface area contributed by atoms with Crippen molar-refractivity contribution in [3.8, 4) is 0 Å². The van der Waals surface area contributed by atoms with Crippen LogP contribution in [0.1, 0.15) is 17.3 Å². The summed E-state index contributed by atoms with van der Waals surface area (Å²) in [5.74, 6) is -0.0501. The minimum absolute atomic E-state index is 0. The van der Waals surface area contributed by atoms with Crippen LogP contribution in [0.5, 0.6) is 0 Å². The van der Waals surface area contributed by atoms with Gasteiger partial charge in [0.2, 0.25) is 0 Å². The Morgan fingerprint density at radius 3 is 2.62 bits per heavy atom. The highest BCUT2D eigenvalue weighted by Crippen LogP contribution is 2.31. The van der Waals surface area contributed by atoms with Gasteiger partial charge in [0.25, 0.3) is 5.91 Å². The van der Waals surface area contributed by atoms with Crippen LogP contribution in [-0.4, -0.2) is 25.5 Å². The molecule has 0 spiro atoms. The number of nitrogens with one attached hydrogen (secondary N) is 2. The fourth-order valence-electron chi connectivity index (χ4n) is 0.938. The van der Waals surface area contributed by atoms with Gasteiger partial charge in [-0.1, -0.05) is 0 Å². The fraction of sp³-hybridized carbons (Fsp3) is 0.444. The number of likely N-dealkylation sites (N-methyl/N-ethyl adjacent to an activating group) is 1. The molecule has 0 aliphatic carbocycles. The number of thiophene rings is 1. The maximum atomic E-state index is 11.7. The summed E-state index contributed by atoms with van der Waals surface area (Å²) < 4.78 is 1.80. The quantitative estimate of drug-likeness (QED) is 0.827. The highest BCUT2D eigenvalue weighted by atomic mass is 79.9. The van der Waals surface area contributed by atoms with Gasteiger partial charge >= 0.3 is 0 Å². The molecule has 0 saturated heterocycles. The summed E-state index contributed by atoms with van der Waals surface area (Å²) in [6, 6.07) is 2.09. The van der Waals surface area contributed by atoms with E-state index in [0.717, 1.165) is 7.57 Å². The molecule has 7 heteroatoms. The summed E-state index contributed by atoms with van der Waals surface area (Å²) in [6.45, 7) is 2.63. The lowest BCUT2D eigenvalue weighted by atomic mass is 10.3. The number of carbonyl (C=O) groups is 1. The molecule has 16 heavy (non-hydrogen) atoms. The minimum atomic E-state index is -0.0501. The molecule has 1 rings (SSSR count). The molecule has 2 N–H and O–H groups in total. The molecule has 0 fully saturated rings. The molecule has 1 aromatic rings. The summed E-state index contributed by atoms with van der Waals surface area (Å²) in [6.07, 6.45) is 0. The zero-order chi connectivity index (χ0) is 11.4. The smallest absolute Gasteiger partial charge is 0.253 e.